The molecule has 0 fully saturated rings. The van der Waals surface area contributed by atoms with E-state index in [-0.39, 0.29) is 18.4 Å². The van der Waals surface area contributed by atoms with E-state index in [0.717, 1.165) is 22.6 Å². The number of aryl methyl sites for hydroxylation is 2. The predicted molar refractivity (Wildman–Crippen MR) is 147 cm³/mol. The first-order valence-corrected chi connectivity index (χ1v) is 12.5. The van der Waals surface area contributed by atoms with Crippen LogP contribution in [-0.2, 0) is 11.2 Å². The number of benzene rings is 3. The van der Waals surface area contributed by atoms with Crippen LogP contribution < -0.4 is 20.3 Å². The van der Waals surface area contributed by atoms with Gasteiger partial charge in [-0.2, -0.15) is 0 Å². The molecule has 1 atom stereocenters. The Labute approximate surface area is 221 Å². The molecule has 38 heavy (non-hydrogen) atoms. The Bertz CT molecular complexity index is 1420. The standard InChI is InChI=1S/C30H29N5O3/c1-20-18-21(2)33-30(32-20)34-24-14-12-23(13-15-24)29(37)35-19-27(38-26-11-7-6-10-25(26)35)28(36)31-17-16-22-8-4-3-5-9-22/h3-15,18,27H,16-17,19H2,1-2H3,(H,31,36)(H,32,33,34)/t27-/m1/s1. The van der Waals surface area contributed by atoms with E-state index in [1.165, 1.54) is 0 Å². The Morgan fingerprint density at radius 2 is 1.61 bits per heavy atom. The summed E-state index contributed by atoms with van der Waals surface area (Å²) in [6.45, 7) is 4.43. The number of nitrogens with zero attached hydrogens (tertiary/aromatic N) is 3. The zero-order valence-electron chi connectivity index (χ0n) is 21.3. The summed E-state index contributed by atoms with van der Waals surface area (Å²) in [5.74, 6) is 0.545. The van der Waals surface area contributed by atoms with Crippen LogP contribution in [0.2, 0.25) is 0 Å². The zero-order valence-corrected chi connectivity index (χ0v) is 21.3. The minimum Gasteiger partial charge on any atom is -0.477 e. The Morgan fingerprint density at radius 1 is 0.921 bits per heavy atom. The minimum absolute atomic E-state index is 0.115. The second-order valence-electron chi connectivity index (χ2n) is 9.19. The van der Waals surface area contributed by atoms with E-state index in [4.69, 9.17) is 4.74 Å². The molecule has 1 aliphatic rings. The zero-order chi connectivity index (χ0) is 26.5. The number of ether oxygens (including phenoxy) is 1. The predicted octanol–water partition coefficient (Wildman–Crippen LogP) is 4.60. The average Bonchev–Trinajstić information content (AvgIpc) is 2.92. The summed E-state index contributed by atoms with van der Waals surface area (Å²) in [4.78, 5) is 37.0. The SMILES string of the molecule is Cc1cc(C)nc(Nc2ccc(C(=O)N3C[C@H](C(=O)NCCc4ccccc4)Oc4ccccc43)cc2)n1. The van der Waals surface area contributed by atoms with Crippen LogP contribution in [0, 0.1) is 13.8 Å². The molecule has 2 N–H and O–H groups in total. The monoisotopic (exact) mass is 507 g/mol. The number of hydrogen-bond acceptors (Lipinski definition) is 6. The van der Waals surface area contributed by atoms with Crippen molar-refractivity contribution in [2.24, 2.45) is 0 Å². The van der Waals surface area contributed by atoms with E-state index in [9.17, 15) is 9.59 Å². The highest BCUT2D eigenvalue weighted by molar-refractivity contribution is 6.08. The lowest BCUT2D eigenvalue weighted by atomic mass is 10.1. The van der Waals surface area contributed by atoms with E-state index >= 15 is 0 Å². The smallest absolute Gasteiger partial charge is 0.262 e. The molecule has 0 unspecified atom stereocenters. The van der Waals surface area contributed by atoms with Gasteiger partial charge in [0.2, 0.25) is 5.95 Å². The van der Waals surface area contributed by atoms with Crippen molar-refractivity contribution in [1.29, 1.82) is 0 Å². The molecular weight excluding hydrogens is 478 g/mol. The summed E-state index contributed by atoms with van der Waals surface area (Å²) in [6, 6.07) is 26.3. The van der Waals surface area contributed by atoms with Gasteiger partial charge in [0.25, 0.3) is 11.8 Å². The first kappa shape index (κ1) is 25.0. The molecule has 8 heteroatoms. The van der Waals surface area contributed by atoms with Crippen molar-refractivity contribution in [1.82, 2.24) is 15.3 Å². The molecule has 8 nitrogen and oxygen atoms in total. The van der Waals surface area contributed by atoms with Gasteiger partial charge in [-0.3, -0.25) is 9.59 Å². The number of amides is 2. The van der Waals surface area contributed by atoms with Gasteiger partial charge < -0.3 is 20.3 Å². The molecule has 0 aliphatic carbocycles. The normalized spacial score (nSPS) is 14.3. The lowest BCUT2D eigenvalue weighted by molar-refractivity contribution is -0.127. The van der Waals surface area contributed by atoms with Gasteiger partial charge in [-0.05, 0) is 68.3 Å². The molecule has 192 valence electrons. The van der Waals surface area contributed by atoms with E-state index in [1.807, 2.05) is 80.6 Å². The van der Waals surface area contributed by atoms with E-state index in [0.29, 0.717) is 35.9 Å². The van der Waals surface area contributed by atoms with Gasteiger partial charge in [-0.25, -0.2) is 9.97 Å². The molecule has 0 bridgehead atoms. The second-order valence-corrected chi connectivity index (χ2v) is 9.19. The maximum Gasteiger partial charge on any atom is 0.262 e. The number of fused-ring (bicyclic) bond motifs is 1. The van der Waals surface area contributed by atoms with E-state index in [1.54, 1.807) is 23.1 Å². The van der Waals surface area contributed by atoms with E-state index < -0.39 is 6.10 Å². The van der Waals surface area contributed by atoms with Gasteiger partial charge in [-0.15, -0.1) is 0 Å². The van der Waals surface area contributed by atoms with Gasteiger partial charge in [0.1, 0.15) is 5.75 Å². The molecule has 0 radical (unpaired) electrons. The van der Waals surface area contributed by atoms with Crippen LogP contribution in [0.4, 0.5) is 17.3 Å². The third-order valence-corrected chi connectivity index (χ3v) is 6.24. The molecule has 0 saturated heterocycles. The van der Waals surface area contributed by atoms with Crippen molar-refractivity contribution in [3.05, 3.63) is 107 Å². The number of carbonyl (C=O) groups is 2. The number of anilines is 3. The third-order valence-electron chi connectivity index (χ3n) is 6.24. The topological polar surface area (TPSA) is 96.5 Å². The number of hydrogen-bond donors (Lipinski definition) is 2. The molecule has 0 spiro atoms. The van der Waals surface area contributed by atoms with Crippen LogP contribution in [0.1, 0.15) is 27.3 Å². The molecule has 1 aromatic heterocycles. The molecule has 3 aromatic carbocycles. The summed E-state index contributed by atoms with van der Waals surface area (Å²) >= 11 is 0. The van der Waals surface area contributed by atoms with Crippen molar-refractivity contribution in [2.45, 2.75) is 26.4 Å². The third kappa shape index (κ3) is 5.81. The van der Waals surface area contributed by atoms with Crippen molar-refractivity contribution in [3.63, 3.8) is 0 Å². The first-order valence-electron chi connectivity index (χ1n) is 12.5. The highest BCUT2D eigenvalue weighted by atomic mass is 16.5. The molecule has 2 amide bonds. The largest absolute Gasteiger partial charge is 0.477 e. The summed E-state index contributed by atoms with van der Waals surface area (Å²) in [5, 5.41) is 6.13. The van der Waals surface area contributed by atoms with Crippen LogP contribution >= 0.6 is 0 Å². The summed E-state index contributed by atoms with van der Waals surface area (Å²) in [6.07, 6.45) is -0.0984. The number of nitrogens with one attached hydrogen (secondary N) is 2. The number of carbonyl (C=O) groups excluding carboxylic acids is 2. The minimum atomic E-state index is -0.813. The highest BCUT2D eigenvalue weighted by Crippen LogP contribution is 2.34. The number of para-hydroxylation sites is 2. The van der Waals surface area contributed by atoms with Crippen LogP contribution in [0.15, 0.2) is 84.9 Å². The van der Waals surface area contributed by atoms with Gasteiger partial charge in [-0.1, -0.05) is 42.5 Å². The maximum absolute atomic E-state index is 13.6. The highest BCUT2D eigenvalue weighted by Gasteiger charge is 2.34. The van der Waals surface area contributed by atoms with Crippen molar-refractivity contribution >= 4 is 29.1 Å². The van der Waals surface area contributed by atoms with Crippen molar-refractivity contribution in [3.8, 4) is 5.75 Å². The van der Waals surface area contributed by atoms with Gasteiger partial charge in [0.15, 0.2) is 6.10 Å². The van der Waals surface area contributed by atoms with E-state index in [2.05, 4.69) is 20.6 Å². The van der Waals surface area contributed by atoms with Crippen LogP contribution in [-0.4, -0.2) is 41.0 Å². The Kier molecular flexibility index (Phi) is 7.31. The van der Waals surface area contributed by atoms with Gasteiger partial charge in [0.05, 0.1) is 12.2 Å². The first-order chi connectivity index (χ1) is 18.5. The fourth-order valence-electron chi connectivity index (χ4n) is 4.41. The number of aromatic nitrogens is 2. The summed E-state index contributed by atoms with van der Waals surface area (Å²) < 4.78 is 5.99. The molecule has 4 aromatic rings. The lowest BCUT2D eigenvalue weighted by Crippen LogP contribution is -2.51. The Hall–Kier alpha value is -4.72. The molecule has 5 rings (SSSR count). The summed E-state index contributed by atoms with van der Waals surface area (Å²) in [5.41, 5.74) is 4.78. The quantitative estimate of drug-likeness (QED) is 0.379. The number of rotatable bonds is 7. The molecule has 2 heterocycles. The molecule has 1 aliphatic heterocycles. The van der Waals surface area contributed by atoms with Gasteiger partial charge >= 0.3 is 0 Å². The van der Waals surface area contributed by atoms with Crippen molar-refractivity contribution < 1.29 is 14.3 Å². The van der Waals surface area contributed by atoms with Gasteiger partial charge in [0, 0.05) is 29.2 Å². The van der Waals surface area contributed by atoms with Crippen molar-refractivity contribution in [2.75, 3.05) is 23.3 Å². The molecular formula is C30H29N5O3. The Balaban J connectivity index is 1.28. The average molecular weight is 508 g/mol. The van der Waals surface area contributed by atoms with Crippen LogP contribution in [0.5, 0.6) is 5.75 Å². The lowest BCUT2D eigenvalue weighted by Gasteiger charge is -2.34. The van der Waals surface area contributed by atoms with Crippen LogP contribution in [0.25, 0.3) is 0 Å². The Morgan fingerprint density at radius 3 is 2.34 bits per heavy atom. The fraction of sp³-hybridized carbons (Fsp3) is 0.200. The van der Waals surface area contributed by atoms with Crippen LogP contribution in [0.3, 0.4) is 0 Å². The summed E-state index contributed by atoms with van der Waals surface area (Å²) in [7, 11) is 0. The second kappa shape index (κ2) is 11.1. The fourth-order valence-corrected chi connectivity index (χ4v) is 4.41. The molecule has 0 saturated carbocycles. The maximum atomic E-state index is 13.6.